The minimum absolute atomic E-state index is 0. The van der Waals surface area contributed by atoms with Crippen LogP contribution in [0.15, 0.2) is 29.4 Å². The molecule has 0 atom stereocenters. The van der Waals surface area contributed by atoms with E-state index in [9.17, 15) is 0 Å². The first kappa shape index (κ1) is 14.2. The number of aliphatic imine (C=N–C) groups is 1. The van der Waals surface area contributed by atoms with Crippen molar-refractivity contribution in [2.75, 3.05) is 0 Å². The molecule has 0 fully saturated rings. The van der Waals surface area contributed by atoms with Crippen LogP contribution in [-0.2, 0) is 0 Å². The molecule has 3 N–H and O–H groups in total. The van der Waals surface area contributed by atoms with Crippen molar-refractivity contribution in [3.8, 4) is 0 Å². The Labute approximate surface area is 82.1 Å². The predicted octanol–water partition coefficient (Wildman–Crippen LogP) is 2.75. The normalized spacial score (nSPS) is 9.69. The fourth-order valence-electron chi connectivity index (χ4n) is 0.465. The molecule has 0 rings (SSSR count). The van der Waals surface area contributed by atoms with Crippen LogP contribution in [0.2, 0.25) is 0 Å². The lowest BCUT2D eigenvalue weighted by Crippen LogP contribution is -2.18. The van der Waals surface area contributed by atoms with Crippen LogP contribution in [0.3, 0.4) is 0 Å². The molecule has 0 aromatic rings. The van der Waals surface area contributed by atoms with Crippen molar-refractivity contribution >= 4 is 11.5 Å². The second-order valence-corrected chi connectivity index (χ2v) is 2.34. The topological polar surface area (TPSA) is 62.2 Å². The lowest BCUT2D eigenvalue weighted by molar-refractivity contribution is 1.30. The van der Waals surface area contributed by atoms with Gasteiger partial charge in [-0.25, -0.2) is 4.99 Å². The van der Waals surface area contributed by atoms with Gasteiger partial charge in [-0.05, 0) is 13.8 Å². The number of amidine groups is 1. The maximum Gasteiger partial charge on any atom is 0.132 e. The average Bonchev–Trinajstić information content (AvgIpc) is 2.05. The lowest BCUT2D eigenvalue weighted by Gasteiger charge is -2.01. The van der Waals surface area contributed by atoms with Crippen molar-refractivity contribution in [1.82, 2.24) is 0 Å². The molecule has 0 unspecified atom stereocenters. The first-order valence-electron chi connectivity index (χ1n) is 4.19. The molecule has 0 heterocycles. The monoisotopic (exact) mass is 183 g/mol. The van der Waals surface area contributed by atoms with Crippen molar-refractivity contribution in [3.05, 3.63) is 24.4 Å². The van der Waals surface area contributed by atoms with Gasteiger partial charge in [0.15, 0.2) is 0 Å². The number of nitrogens with one attached hydrogen (secondary N) is 1. The van der Waals surface area contributed by atoms with Gasteiger partial charge in [0.1, 0.15) is 5.84 Å². The Morgan fingerprint density at radius 3 is 1.92 bits per heavy atom. The minimum Gasteiger partial charge on any atom is -0.383 e. The summed E-state index contributed by atoms with van der Waals surface area (Å²) < 4.78 is 0. The van der Waals surface area contributed by atoms with Crippen LogP contribution in [0.5, 0.6) is 0 Å². The van der Waals surface area contributed by atoms with E-state index in [0.717, 1.165) is 0 Å². The van der Waals surface area contributed by atoms with Gasteiger partial charge >= 0.3 is 0 Å². The van der Waals surface area contributed by atoms with Crippen molar-refractivity contribution < 1.29 is 1.43 Å². The highest BCUT2D eigenvalue weighted by Crippen LogP contribution is 1.96. The number of rotatable bonds is 3. The van der Waals surface area contributed by atoms with Crippen LogP contribution in [0.25, 0.3) is 0 Å². The molecule has 3 heteroatoms. The zero-order chi connectivity index (χ0) is 11.0. The third kappa shape index (κ3) is 7.00. The first-order chi connectivity index (χ1) is 5.95. The SMILES string of the molecule is C=C(C)N=C(N)C(=C)C(C)=N.CC.[HH]. The molecule has 76 valence electrons. The van der Waals surface area contributed by atoms with Crippen molar-refractivity contribution in [2.24, 2.45) is 10.7 Å². The predicted molar refractivity (Wildman–Crippen MR) is 62.4 cm³/mol. The van der Waals surface area contributed by atoms with E-state index in [2.05, 4.69) is 18.2 Å². The van der Waals surface area contributed by atoms with Gasteiger partial charge in [0.25, 0.3) is 0 Å². The average molecular weight is 183 g/mol. The van der Waals surface area contributed by atoms with E-state index >= 15 is 0 Å². The number of nitrogens with two attached hydrogens (primary N) is 1. The molecule has 3 nitrogen and oxygen atoms in total. The third-order valence-corrected chi connectivity index (χ3v) is 1.07. The summed E-state index contributed by atoms with van der Waals surface area (Å²) in [6.45, 7) is 14.5. The standard InChI is InChI=1S/C8H13N3.C2H6.H2/c1-5(2)11-8(10)6(3)7(4)9;1-2;/h9H,1,3H2,2,4H3,(H2,10,11);1-2H3;1H. The summed E-state index contributed by atoms with van der Waals surface area (Å²) in [6, 6.07) is 0. The summed E-state index contributed by atoms with van der Waals surface area (Å²) in [5.41, 5.74) is 6.86. The third-order valence-electron chi connectivity index (χ3n) is 1.07. The molecule has 0 aliphatic carbocycles. The Kier molecular flexibility index (Phi) is 7.93. The summed E-state index contributed by atoms with van der Waals surface area (Å²) >= 11 is 0. The fraction of sp³-hybridized carbons (Fsp3) is 0.400. The smallest absolute Gasteiger partial charge is 0.132 e. The highest BCUT2D eigenvalue weighted by atomic mass is 14.9. The number of allylic oxidation sites excluding steroid dienone is 1. The Morgan fingerprint density at radius 1 is 1.31 bits per heavy atom. The van der Waals surface area contributed by atoms with Gasteiger partial charge in [-0.1, -0.05) is 27.0 Å². The second kappa shape index (κ2) is 7.28. The maximum atomic E-state index is 7.19. The minimum atomic E-state index is 0. The molecule has 0 spiro atoms. The number of hydrogen-bond acceptors (Lipinski definition) is 2. The lowest BCUT2D eigenvalue weighted by atomic mass is 10.2. The van der Waals surface area contributed by atoms with Gasteiger partial charge in [-0.3, -0.25) is 0 Å². The molecule has 13 heavy (non-hydrogen) atoms. The fourth-order valence-corrected chi connectivity index (χ4v) is 0.465. The summed E-state index contributed by atoms with van der Waals surface area (Å²) in [5, 5.41) is 7.19. The Balaban J connectivity index is -0.000000376. The highest BCUT2D eigenvalue weighted by Gasteiger charge is 2.00. The molecule has 0 aromatic carbocycles. The zero-order valence-electron chi connectivity index (χ0n) is 8.94. The van der Waals surface area contributed by atoms with Crippen LogP contribution >= 0.6 is 0 Å². The van der Waals surface area contributed by atoms with Gasteiger partial charge in [-0.2, -0.15) is 0 Å². The molecule has 0 amide bonds. The van der Waals surface area contributed by atoms with Crippen molar-refractivity contribution in [3.63, 3.8) is 0 Å². The van der Waals surface area contributed by atoms with Crippen molar-refractivity contribution in [2.45, 2.75) is 27.7 Å². The summed E-state index contributed by atoms with van der Waals surface area (Å²) in [5.74, 6) is 0.269. The summed E-state index contributed by atoms with van der Waals surface area (Å²) in [4.78, 5) is 3.86. The summed E-state index contributed by atoms with van der Waals surface area (Å²) in [6.07, 6.45) is 0. The summed E-state index contributed by atoms with van der Waals surface area (Å²) in [7, 11) is 0. The molecule has 0 radical (unpaired) electrons. The Hall–Kier alpha value is -1.38. The van der Waals surface area contributed by atoms with E-state index in [1.54, 1.807) is 13.8 Å². The van der Waals surface area contributed by atoms with Gasteiger partial charge in [0, 0.05) is 18.4 Å². The first-order valence-corrected chi connectivity index (χ1v) is 4.19. The molecule has 0 bridgehead atoms. The van der Waals surface area contributed by atoms with Crippen LogP contribution in [0.1, 0.15) is 29.1 Å². The highest BCUT2D eigenvalue weighted by molar-refractivity contribution is 6.20. The van der Waals surface area contributed by atoms with Gasteiger partial charge in [-0.15, -0.1) is 0 Å². The Morgan fingerprint density at radius 2 is 1.69 bits per heavy atom. The maximum absolute atomic E-state index is 7.19. The van der Waals surface area contributed by atoms with Gasteiger partial charge in [0.05, 0.1) is 0 Å². The van der Waals surface area contributed by atoms with Crippen LogP contribution in [0, 0.1) is 5.41 Å². The van der Waals surface area contributed by atoms with Gasteiger partial charge < -0.3 is 11.1 Å². The van der Waals surface area contributed by atoms with Crippen LogP contribution < -0.4 is 5.73 Å². The van der Waals surface area contributed by atoms with E-state index in [0.29, 0.717) is 17.0 Å². The molecule has 0 aliphatic rings. The molecule has 0 saturated carbocycles. The van der Waals surface area contributed by atoms with Crippen molar-refractivity contribution in [1.29, 1.82) is 5.41 Å². The number of nitrogens with zero attached hydrogens (tertiary/aromatic N) is 1. The molecular weight excluding hydrogens is 162 g/mol. The Bertz CT molecular complexity index is 242. The molecular formula is C10H21N3. The zero-order valence-corrected chi connectivity index (χ0v) is 8.94. The second-order valence-electron chi connectivity index (χ2n) is 2.34. The van der Waals surface area contributed by atoms with E-state index < -0.39 is 0 Å². The van der Waals surface area contributed by atoms with E-state index in [1.165, 1.54) is 0 Å². The molecule has 0 aromatic heterocycles. The van der Waals surface area contributed by atoms with Crippen LogP contribution in [-0.4, -0.2) is 11.5 Å². The molecule has 0 saturated heterocycles. The molecule has 0 aliphatic heterocycles. The van der Waals surface area contributed by atoms with E-state index in [-0.39, 0.29) is 7.26 Å². The largest absolute Gasteiger partial charge is 0.383 e. The van der Waals surface area contributed by atoms with Gasteiger partial charge in [0.2, 0.25) is 0 Å². The van der Waals surface area contributed by atoms with Crippen LogP contribution in [0.4, 0.5) is 0 Å². The number of hydrogen-bond donors (Lipinski definition) is 2. The van der Waals surface area contributed by atoms with E-state index in [1.807, 2.05) is 13.8 Å². The van der Waals surface area contributed by atoms with E-state index in [4.69, 9.17) is 11.1 Å². The quantitative estimate of drug-likeness (QED) is 0.513.